The Labute approximate surface area is 113 Å². The monoisotopic (exact) mass is 307 g/mol. The molecule has 0 amide bonds. The minimum absolute atomic E-state index is 0.113. The number of carbonyl (C=O) groups excluding carboxylic acids is 1. The lowest BCUT2D eigenvalue weighted by atomic mass is 10.0. The topological polar surface area (TPSA) is 30.0 Å². The number of aromatic nitrogens is 1. The third-order valence-electron chi connectivity index (χ3n) is 2.49. The van der Waals surface area contributed by atoms with Gasteiger partial charge in [-0.25, -0.2) is 4.39 Å². The lowest BCUT2D eigenvalue weighted by Crippen LogP contribution is -2.04. The van der Waals surface area contributed by atoms with E-state index >= 15 is 0 Å². The zero-order chi connectivity index (χ0) is 13.1. The van der Waals surface area contributed by atoms with E-state index in [-0.39, 0.29) is 18.0 Å². The maximum atomic E-state index is 13.2. The summed E-state index contributed by atoms with van der Waals surface area (Å²) in [4.78, 5) is 16.0. The highest BCUT2D eigenvalue weighted by molar-refractivity contribution is 9.10. The lowest BCUT2D eigenvalue weighted by Gasteiger charge is -2.03. The maximum absolute atomic E-state index is 13.2. The first-order valence-electron chi connectivity index (χ1n) is 5.44. The first kappa shape index (κ1) is 12.9. The van der Waals surface area contributed by atoms with Crippen LogP contribution in [0.5, 0.6) is 0 Å². The van der Waals surface area contributed by atoms with E-state index in [2.05, 4.69) is 20.9 Å². The molecule has 0 atom stereocenters. The number of hydrogen-bond donors (Lipinski definition) is 0. The Balaban J connectivity index is 2.22. The molecule has 18 heavy (non-hydrogen) atoms. The summed E-state index contributed by atoms with van der Waals surface area (Å²) in [5, 5.41) is 0. The standard InChI is InChI=1S/C14H11BrFNO/c1-9-2-11(6-13(16)3-9)14(18)5-10-4-12(15)8-17-7-10/h2-4,6-8H,5H2,1H3. The Morgan fingerprint density at radius 3 is 2.72 bits per heavy atom. The largest absolute Gasteiger partial charge is 0.294 e. The number of Topliss-reactive ketones (excluding diaryl/α,β-unsaturated/α-hetero) is 1. The molecular weight excluding hydrogens is 297 g/mol. The van der Waals surface area contributed by atoms with Crippen molar-refractivity contribution in [3.05, 3.63) is 63.6 Å². The van der Waals surface area contributed by atoms with Crippen LogP contribution in [0.3, 0.4) is 0 Å². The predicted octanol–water partition coefficient (Wildman–Crippen LogP) is 3.72. The Morgan fingerprint density at radius 1 is 1.28 bits per heavy atom. The van der Waals surface area contributed by atoms with Crippen molar-refractivity contribution in [2.24, 2.45) is 0 Å². The molecule has 0 radical (unpaired) electrons. The second-order valence-corrected chi connectivity index (χ2v) is 5.04. The highest BCUT2D eigenvalue weighted by atomic mass is 79.9. The molecule has 92 valence electrons. The summed E-state index contributed by atoms with van der Waals surface area (Å²) in [6, 6.07) is 6.19. The zero-order valence-corrected chi connectivity index (χ0v) is 11.4. The molecule has 0 saturated heterocycles. The molecule has 4 heteroatoms. The molecule has 2 nitrogen and oxygen atoms in total. The molecule has 1 aromatic carbocycles. The van der Waals surface area contributed by atoms with Gasteiger partial charge in [-0.15, -0.1) is 0 Å². The van der Waals surface area contributed by atoms with Gasteiger partial charge in [0.05, 0.1) is 0 Å². The number of hydrogen-bond acceptors (Lipinski definition) is 2. The van der Waals surface area contributed by atoms with Crippen molar-refractivity contribution in [3.8, 4) is 0 Å². The van der Waals surface area contributed by atoms with Crippen LogP contribution in [0.15, 0.2) is 41.1 Å². The molecule has 1 aromatic heterocycles. The highest BCUT2D eigenvalue weighted by Crippen LogP contribution is 2.14. The smallest absolute Gasteiger partial charge is 0.167 e. The third-order valence-corrected chi connectivity index (χ3v) is 2.92. The van der Waals surface area contributed by atoms with Crippen LogP contribution in [-0.4, -0.2) is 10.8 Å². The van der Waals surface area contributed by atoms with Crippen LogP contribution >= 0.6 is 15.9 Å². The minimum atomic E-state index is -0.384. The fourth-order valence-corrected chi connectivity index (χ4v) is 2.15. The van der Waals surface area contributed by atoms with Crippen molar-refractivity contribution in [2.75, 3.05) is 0 Å². The average molecular weight is 308 g/mol. The van der Waals surface area contributed by atoms with Crippen molar-refractivity contribution in [1.82, 2.24) is 4.98 Å². The van der Waals surface area contributed by atoms with Crippen LogP contribution in [0, 0.1) is 12.7 Å². The van der Waals surface area contributed by atoms with E-state index in [1.54, 1.807) is 25.4 Å². The quantitative estimate of drug-likeness (QED) is 0.809. The van der Waals surface area contributed by atoms with Gasteiger partial charge in [0.15, 0.2) is 5.78 Å². The minimum Gasteiger partial charge on any atom is -0.294 e. The van der Waals surface area contributed by atoms with Gasteiger partial charge in [-0.05, 0) is 58.2 Å². The van der Waals surface area contributed by atoms with E-state index in [0.29, 0.717) is 5.56 Å². The number of rotatable bonds is 3. The van der Waals surface area contributed by atoms with Crippen molar-refractivity contribution in [1.29, 1.82) is 0 Å². The van der Waals surface area contributed by atoms with Gasteiger partial charge in [-0.1, -0.05) is 0 Å². The van der Waals surface area contributed by atoms with E-state index in [1.807, 2.05) is 6.07 Å². The van der Waals surface area contributed by atoms with Crippen LogP contribution < -0.4 is 0 Å². The van der Waals surface area contributed by atoms with Crippen molar-refractivity contribution in [3.63, 3.8) is 0 Å². The second kappa shape index (κ2) is 5.40. The molecular formula is C14H11BrFNO. The molecule has 0 aliphatic carbocycles. The van der Waals surface area contributed by atoms with Gasteiger partial charge < -0.3 is 0 Å². The Bertz CT molecular complexity index is 578. The summed E-state index contributed by atoms with van der Waals surface area (Å²) in [5.74, 6) is -0.497. The fourth-order valence-electron chi connectivity index (χ4n) is 1.74. The van der Waals surface area contributed by atoms with Gasteiger partial charge >= 0.3 is 0 Å². The van der Waals surface area contributed by atoms with Crippen LogP contribution in [0.1, 0.15) is 21.5 Å². The number of nitrogens with zero attached hydrogens (tertiary/aromatic N) is 1. The van der Waals surface area contributed by atoms with Crippen molar-refractivity contribution >= 4 is 21.7 Å². The van der Waals surface area contributed by atoms with Gasteiger partial charge in [0, 0.05) is 28.9 Å². The molecule has 0 aliphatic rings. The predicted molar refractivity (Wildman–Crippen MR) is 71.1 cm³/mol. The average Bonchev–Trinajstić information content (AvgIpc) is 2.27. The second-order valence-electron chi connectivity index (χ2n) is 4.13. The zero-order valence-electron chi connectivity index (χ0n) is 9.78. The highest BCUT2D eigenvalue weighted by Gasteiger charge is 2.09. The van der Waals surface area contributed by atoms with E-state index in [4.69, 9.17) is 0 Å². The molecule has 0 spiro atoms. The van der Waals surface area contributed by atoms with Gasteiger partial charge in [-0.2, -0.15) is 0 Å². The number of carbonyl (C=O) groups is 1. The molecule has 0 N–H and O–H groups in total. The van der Waals surface area contributed by atoms with Gasteiger partial charge in [0.1, 0.15) is 5.82 Å². The Kier molecular flexibility index (Phi) is 3.87. The summed E-state index contributed by atoms with van der Waals surface area (Å²) in [5.41, 5.74) is 1.94. The van der Waals surface area contributed by atoms with Crippen molar-refractivity contribution in [2.45, 2.75) is 13.3 Å². The molecule has 0 unspecified atom stereocenters. The van der Waals surface area contributed by atoms with Gasteiger partial charge in [-0.3, -0.25) is 9.78 Å². The lowest BCUT2D eigenvalue weighted by molar-refractivity contribution is 0.0992. The molecule has 2 rings (SSSR count). The molecule has 0 fully saturated rings. The third kappa shape index (κ3) is 3.23. The van der Waals surface area contributed by atoms with Gasteiger partial charge in [0.2, 0.25) is 0 Å². The SMILES string of the molecule is Cc1cc(F)cc(C(=O)Cc2cncc(Br)c2)c1. The first-order valence-corrected chi connectivity index (χ1v) is 6.24. The molecule has 1 heterocycles. The van der Waals surface area contributed by atoms with E-state index in [0.717, 1.165) is 15.6 Å². The number of pyridine rings is 1. The molecule has 0 saturated carbocycles. The van der Waals surface area contributed by atoms with Crippen LogP contribution in [0.4, 0.5) is 4.39 Å². The molecule has 2 aromatic rings. The number of aryl methyl sites for hydroxylation is 1. The Morgan fingerprint density at radius 2 is 2.06 bits per heavy atom. The summed E-state index contributed by atoms with van der Waals surface area (Å²) in [6.07, 6.45) is 3.50. The number of ketones is 1. The van der Waals surface area contributed by atoms with E-state index in [1.165, 1.54) is 12.1 Å². The van der Waals surface area contributed by atoms with Crippen LogP contribution in [0.2, 0.25) is 0 Å². The number of halogens is 2. The van der Waals surface area contributed by atoms with E-state index in [9.17, 15) is 9.18 Å². The summed E-state index contributed by atoms with van der Waals surface area (Å²) in [7, 11) is 0. The fraction of sp³-hybridized carbons (Fsp3) is 0.143. The van der Waals surface area contributed by atoms with Crippen LogP contribution in [-0.2, 0) is 6.42 Å². The van der Waals surface area contributed by atoms with Gasteiger partial charge in [0.25, 0.3) is 0 Å². The molecule has 0 aliphatic heterocycles. The number of benzene rings is 1. The van der Waals surface area contributed by atoms with Crippen molar-refractivity contribution < 1.29 is 9.18 Å². The normalized spacial score (nSPS) is 10.4. The first-order chi connectivity index (χ1) is 8.54. The van der Waals surface area contributed by atoms with Crippen LogP contribution in [0.25, 0.3) is 0 Å². The maximum Gasteiger partial charge on any atom is 0.167 e. The summed E-state index contributed by atoms with van der Waals surface area (Å²) >= 11 is 3.30. The Hall–Kier alpha value is -1.55. The molecule has 0 bridgehead atoms. The van der Waals surface area contributed by atoms with E-state index < -0.39 is 0 Å². The summed E-state index contributed by atoms with van der Waals surface area (Å²) < 4.78 is 14.0. The summed E-state index contributed by atoms with van der Waals surface area (Å²) in [6.45, 7) is 1.76.